The van der Waals surface area contributed by atoms with Crippen molar-refractivity contribution in [1.82, 2.24) is 14.9 Å². The monoisotopic (exact) mass is 436 g/mol. The van der Waals surface area contributed by atoms with Crippen molar-refractivity contribution in [3.8, 4) is 17.0 Å². The van der Waals surface area contributed by atoms with Crippen molar-refractivity contribution in [3.05, 3.63) is 47.8 Å². The number of nitrogens with zero attached hydrogens (tertiary/aromatic N) is 2. The molecule has 3 aromatic rings. The number of nitrogens with one attached hydrogen (secondary N) is 1. The summed E-state index contributed by atoms with van der Waals surface area (Å²) in [6, 6.07) is 8.28. The average Bonchev–Trinajstić information content (AvgIpc) is 3.30. The number of aromatic amines is 1. The summed E-state index contributed by atoms with van der Waals surface area (Å²) < 4.78 is 5.73. The SMILES string of the molecule is C[C@@H](c1cccc2c(-c3ccnc(O)c3)c(C(=O)O)[nH]c12)N1CC2(CC(CN)C2)OC1=O. The fraction of sp³-hybridized carbons (Fsp3) is 0.348. The summed E-state index contributed by atoms with van der Waals surface area (Å²) >= 11 is 0. The number of aromatic carboxylic acids is 1. The van der Waals surface area contributed by atoms with Crippen LogP contribution in [0.15, 0.2) is 36.5 Å². The smallest absolute Gasteiger partial charge is 0.411 e. The van der Waals surface area contributed by atoms with E-state index in [1.54, 1.807) is 11.0 Å². The quantitative estimate of drug-likeness (QED) is 0.481. The van der Waals surface area contributed by atoms with Crippen LogP contribution in [-0.4, -0.2) is 55.8 Å². The molecule has 1 atom stereocenters. The lowest BCUT2D eigenvalue weighted by atomic mass is 9.71. The topological polar surface area (TPSA) is 142 Å². The number of amides is 1. The Morgan fingerprint density at radius 1 is 1.41 bits per heavy atom. The van der Waals surface area contributed by atoms with Gasteiger partial charge in [-0.15, -0.1) is 0 Å². The number of nitrogens with two attached hydrogens (primary N) is 1. The number of rotatable bonds is 5. The lowest BCUT2D eigenvalue weighted by Gasteiger charge is -2.42. The van der Waals surface area contributed by atoms with Gasteiger partial charge in [-0.05, 0) is 49.4 Å². The molecule has 5 N–H and O–H groups in total. The van der Waals surface area contributed by atoms with E-state index >= 15 is 0 Å². The summed E-state index contributed by atoms with van der Waals surface area (Å²) in [5, 5.41) is 20.3. The highest BCUT2D eigenvalue weighted by Gasteiger charge is 2.54. The Hall–Kier alpha value is -3.59. The normalized spacial score (nSPS) is 23.4. The molecule has 0 radical (unpaired) electrons. The molecular weight excluding hydrogens is 412 g/mol. The second-order valence-electron chi connectivity index (χ2n) is 8.72. The Morgan fingerprint density at radius 2 is 2.19 bits per heavy atom. The molecule has 32 heavy (non-hydrogen) atoms. The van der Waals surface area contributed by atoms with Crippen molar-refractivity contribution in [1.29, 1.82) is 0 Å². The molecular formula is C23H24N4O5. The summed E-state index contributed by atoms with van der Waals surface area (Å²) in [6.07, 6.45) is 2.59. The fourth-order valence-electron chi connectivity index (χ4n) is 5.11. The van der Waals surface area contributed by atoms with E-state index in [-0.39, 0.29) is 23.7 Å². The third kappa shape index (κ3) is 3.08. The number of carbonyl (C=O) groups excluding carboxylic acids is 1. The molecule has 2 aromatic heterocycles. The van der Waals surface area contributed by atoms with Gasteiger partial charge >= 0.3 is 12.1 Å². The number of pyridine rings is 1. The molecule has 1 aromatic carbocycles. The summed E-state index contributed by atoms with van der Waals surface area (Å²) in [7, 11) is 0. The van der Waals surface area contributed by atoms with E-state index in [1.165, 1.54) is 12.3 Å². The van der Waals surface area contributed by atoms with Crippen LogP contribution in [0.1, 0.15) is 41.9 Å². The van der Waals surface area contributed by atoms with E-state index < -0.39 is 11.6 Å². The zero-order valence-corrected chi connectivity index (χ0v) is 17.5. The average molecular weight is 436 g/mol. The number of carboxylic acids is 1. The predicted octanol–water partition coefficient (Wildman–Crippen LogP) is 3.25. The van der Waals surface area contributed by atoms with Gasteiger partial charge in [-0.2, -0.15) is 0 Å². The zero-order valence-electron chi connectivity index (χ0n) is 17.5. The highest BCUT2D eigenvalue weighted by Crippen LogP contribution is 2.47. The van der Waals surface area contributed by atoms with Gasteiger partial charge in [0, 0.05) is 23.2 Å². The Bertz CT molecular complexity index is 1230. The molecule has 0 unspecified atom stereocenters. The lowest BCUT2D eigenvalue weighted by molar-refractivity contribution is -0.0439. The lowest BCUT2D eigenvalue weighted by Crippen LogP contribution is -2.49. The molecule has 1 saturated carbocycles. The van der Waals surface area contributed by atoms with Gasteiger partial charge in [0.2, 0.25) is 5.88 Å². The Morgan fingerprint density at radius 3 is 2.88 bits per heavy atom. The molecule has 2 fully saturated rings. The number of H-pyrrole nitrogens is 1. The van der Waals surface area contributed by atoms with Crippen LogP contribution in [0, 0.1) is 5.92 Å². The molecule has 5 rings (SSSR count). The van der Waals surface area contributed by atoms with Crippen molar-refractivity contribution in [2.75, 3.05) is 13.1 Å². The van der Waals surface area contributed by atoms with Crippen molar-refractivity contribution in [3.63, 3.8) is 0 Å². The number of hydrogen-bond acceptors (Lipinski definition) is 6. The van der Waals surface area contributed by atoms with E-state index in [4.69, 9.17) is 10.5 Å². The summed E-state index contributed by atoms with van der Waals surface area (Å²) in [6.45, 7) is 2.98. The van der Waals surface area contributed by atoms with Crippen LogP contribution >= 0.6 is 0 Å². The first kappa shape index (κ1) is 20.3. The minimum atomic E-state index is -1.12. The maximum Gasteiger partial charge on any atom is 0.411 e. The number of aromatic nitrogens is 2. The summed E-state index contributed by atoms with van der Waals surface area (Å²) in [4.78, 5) is 33.2. The fourth-order valence-corrected chi connectivity index (χ4v) is 5.11. The number of para-hydroxylation sites is 1. The van der Waals surface area contributed by atoms with Gasteiger partial charge in [-0.1, -0.05) is 18.2 Å². The number of fused-ring (bicyclic) bond motifs is 1. The van der Waals surface area contributed by atoms with E-state index in [2.05, 4.69) is 9.97 Å². The second-order valence-corrected chi connectivity index (χ2v) is 8.72. The Kier molecular flexibility index (Phi) is 4.59. The Balaban J connectivity index is 1.56. The first-order valence-electron chi connectivity index (χ1n) is 10.5. The molecule has 1 amide bonds. The van der Waals surface area contributed by atoms with Gasteiger partial charge in [-0.25, -0.2) is 14.6 Å². The van der Waals surface area contributed by atoms with E-state index in [0.717, 1.165) is 18.4 Å². The van der Waals surface area contributed by atoms with E-state index in [0.29, 0.717) is 41.0 Å². The van der Waals surface area contributed by atoms with Crippen LogP contribution in [0.4, 0.5) is 4.79 Å². The number of aromatic hydroxyl groups is 1. The van der Waals surface area contributed by atoms with E-state index in [1.807, 2.05) is 25.1 Å². The molecule has 0 bridgehead atoms. The van der Waals surface area contributed by atoms with Gasteiger partial charge in [0.1, 0.15) is 11.3 Å². The number of hydrogen-bond donors (Lipinski definition) is 4. The molecule has 9 heteroatoms. The molecule has 1 saturated heterocycles. The van der Waals surface area contributed by atoms with Gasteiger partial charge < -0.3 is 25.7 Å². The number of benzene rings is 1. The third-order valence-electron chi connectivity index (χ3n) is 6.68. The molecule has 9 nitrogen and oxygen atoms in total. The highest BCUT2D eigenvalue weighted by atomic mass is 16.6. The van der Waals surface area contributed by atoms with Crippen LogP contribution in [0.25, 0.3) is 22.0 Å². The molecule has 166 valence electrons. The number of carbonyl (C=O) groups is 2. The summed E-state index contributed by atoms with van der Waals surface area (Å²) in [5.74, 6) is -0.936. The van der Waals surface area contributed by atoms with Gasteiger partial charge in [0.15, 0.2) is 0 Å². The molecule has 3 heterocycles. The van der Waals surface area contributed by atoms with Crippen LogP contribution in [0.5, 0.6) is 5.88 Å². The van der Waals surface area contributed by atoms with Gasteiger partial charge in [-0.3, -0.25) is 4.90 Å². The molecule has 2 aliphatic rings. The van der Waals surface area contributed by atoms with E-state index in [9.17, 15) is 19.8 Å². The zero-order chi connectivity index (χ0) is 22.6. The van der Waals surface area contributed by atoms with Crippen molar-refractivity contribution >= 4 is 23.0 Å². The van der Waals surface area contributed by atoms with Crippen LogP contribution in [-0.2, 0) is 4.74 Å². The third-order valence-corrected chi connectivity index (χ3v) is 6.68. The highest BCUT2D eigenvalue weighted by molar-refractivity contribution is 6.08. The van der Waals surface area contributed by atoms with Crippen LogP contribution in [0.2, 0.25) is 0 Å². The van der Waals surface area contributed by atoms with Crippen LogP contribution in [0.3, 0.4) is 0 Å². The Labute approximate surface area is 183 Å². The van der Waals surface area contributed by atoms with Crippen LogP contribution < -0.4 is 5.73 Å². The molecule has 1 aliphatic carbocycles. The first-order valence-corrected chi connectivity index (χ1v) is 10.5. The van der Waals surface area contributed by atoms with Gasteiger partial charge in [0.05, 0.1) is 18.1 Å². The maximum absolute atomic E-state index is 12.7. The number of carboxylic acid groups (broad SMARTS) is 1. The summed E-state index contributed by atoms with van der Waals surface area (Å²) in [5.41, 5.74) is 7.70. The standard InChI is InChI=1S/C23H24N4O5/c1-12(27-11-23(32-22(27)31)8-13(9-23)10-24)15-3-2-4-16-18(14-5-6-25-17(28)7-14)20(21(29)30)26-19(15)16/h2-7,12-13,26H,8-11,24H2,1H3,(H,25,28)(H,29,30)/t12-,13?,23?/m0/s1. The van der Waals surface area contributed by atoms with Crippen molar-refractivity contribution in [2.45, 2.75) is 31.4 Å². The van der Waals surface area contributed by atoms with Crippen molar-refractivity contribution < 1.29 is 24.5 Å². The minimum absolute atomic E-state index is 0.00972. The maximum atomic E-state index is 12.7. The number of ether oxygens (including phenoxy) is 1. The van der Waals surface area contributed by atoms with Crippen molar-refractivity contribution in [2.24, 2.45) is 11.7 Å². The first-order chi connectivity index (χ1) is 15.3. The largest absolute Gasteiger partial charge is 0.493 e. The molecule has 1 aliphatic heterocycles. The molecule has 1 spiro atoms. The minimum Gasteiger partial charge on any atom is -0.493 e. The second kappa shape index (κ2) is 7.23. The van der Waals surface area contributed by atoms with Gasteiger partial charge in [0.25, 0.3) is 0 Å². The predicted molar refractivity (Wildman–Crippen MR) is 116 cm³/mol.